The fourth-order valence-corrected chi connectivity index (χ4v) is 2.16. The first-order valence-electron chi connectivity index (χ1n) is 8.69. The van der Waals surface area contributed by atoms with Crippen LogP contribution in [0.1, 0.15) is 32.1 Å². The predicted octanol–water partition coefficient (Wildman–Crippen LogP) is -0.470. The number of aliphatic hydroxyl groups excluding tert-OH is 1. The number of hydrogen-bond donors (Lipinski definition) is 2. The van der Waals surface area contributed by atoms with Crippen LogP contribution in [0.2, 0.25) is 0 Å². The Morgan fingerprint density at radius 1 is 1.00 bits per heavy atom. The lowest BCUT2D eigenvalue weighted by Gasteiger charge is -2.13. The van der Waals surface area contributed by atoms with E-state index in [0.717, 1.165) is 11.3 Å². The largest absolute Gasteiger partial charge is 0.463 e. The van der Waals surface area contributed by atoms with Crippen molar-refractivity contribution in [2.45, 2.75) is 32.1 Å². The second kappa shape index (κ2) is 13.0. The van der Waals surface area contributed by atoms with Gasteiger partial charge in [0.05, 0.1) is 13.2 Å². The fourth-order valence-electron chi connectivity index (χ4n) is 2.16. The molecule has 0 aromatic heterocycles. The Morgan fingerprint density at radius 2 is 1.73 bits per heavy atom. The number of rotatable bonds is 14. The third kappa shape index (κ3) is 9.28. The summed E-state index contributed by atoms with van der Waals surface area (Å²) in [6, 6.07) is 0. The summed E-state index contributed by atoms with van der Waals surface area (Å²) in [7, 11) is 0. The van der Waals surface area contributed by atoms with Crippen LogP contribution in [0.4, 0.5) is 0 Å². The Hall–Kier alpha value is -2.26. The van der Waals surface area contributed by atoms with Gasteiger partial charge in [0, 0.05) is 44.7 Å². The molecule has 0 radical (unpaired) electrons. The molecule has 0 bridgehead atoms. The van der Waals surface area contributed by atoms with Gasteiger partial charge in [-0.15, -0.1) is 0 Å². The number of ether oxygens (including phenoxy) is 2. The number of carbonyl (C=O) groups is 4. The lowest BCUT2D eigenvalue weighted by Crippen LogP contribution is -2.35. The molecular formula is C17H26N2O7. The topological polar surface area (TPSA) is 122 Å². The number of imide groups is 1. The molecule has 0 aliphatic carbocycles. The summed E-state index contributed by atoms with van der Waals surface area (Å²) in [5, 5.41) is 11.2. The van der Waals surface area contributed by atoms with Gasteiger partial charge in [0.2, 0.25) is 5.91 Å². The van der Waals surface area contributed by atoms with Crippen LogP contribution in [0.3, 0.4) is 0 Å². The molecule has 9 heteroatoms. The number of amides is 3. The minimum Gasteiger partial charge on any atom is -0.463 e. The minimum atomic E-state index is -0.408. The summed E-state index contributed by atoms with van der Waals surface area (Å²) in [6.07, 6.45) is 4.88. The van der Waals surface area contributed by atoms with Gasteiger partial charge in [-0.1, -0.05) is 6.42 Å². The van der Waals surface area contributed by atoms with E-state index in [1.165, 1.54) is 12.2 Å². The van der Waals surface area contributed by atoms with E-state index in [0.29, 0.717) is 19.3 Å². The number of nitrogens with one attached hydrogen (secondary N) is 1. The van der Waals surface area contributed by atoms with Crippen LogP contribution in [0.15, 0.2) is 12.2 Å². The molecule has 2 N–H and O–H groups in total. The summed E-state index contributed by atoms with van der Waals surface area (Å²) in [6.45, 7) is 1.12. The van der Waals surface area contributed by atoms with Gasteiger partial charge in [-0.05, 0) is 12.8 Å². The Balaban J connectivity index is 1.92. The van der Waals surface area contributed by atoms with Gasteiger partial charge in [0.15, 0.2) is 0 Å². The molecule has 9 nitrogen and oxygen atoms in total. The molecule has 0 saturated heterocycles. The molecule has 0 spiro atoms. The maximum absolute atomic E-state index is 11.6. The van der Waals surface area contributed by atoms with Crippen molar-refractivity contribution in [2.75, 3.05) is 39.5 Å². The third-order valence-electron chi connectivity index (χ3n) is 3.56. The van der Waals surface area contributed by atoms with Crippen molar-refractivity contribution in [3.05, 3.63) is 12.2 Å². The molecule has 1 aliphatic rings. The molecule has 0 atom stereocenters. The fraction of sp³-hybridized carbons (Fsp3) is 0.647. The third-order valence-corrected chi connectivity index (χ3v) is 3.56. The van der Waals surface area contributed by atoms with E-state index in [4.69, 9.17) is 14.6 Å². The highest BCUT2D eigenvalue weighted by Crippen LogP contribution is 2.04. The van der Waals surface area contributed by atoms with Crippen molar-refractivity contribution in [3.63, 3.8) is 0 Å². The Bertz CT molecular complexity index is 501. The van der Waals surface area contributed by atoms with E-state index in [-0.39, 0.29) is 57.8 Å². The minimum absolute atomic E-state index is 0.0348. The monoisotopic (exact) mass is 370 g/mol. The molecule has 3 amide bonds. The summed E-state index contributed by atoms with van der Waals surface area (Å²) < 4.78 is 10.2. The lowest BCUT2D eigenvalue weighted by molar-refractivity contribution is -0.145. The Morgan fingerprint density at radius 3 is 2.42 bits per heavy atom. The van der Waals surface area contributed by atoms with Crippen LogP contribution in [0, 0.1) is 0 Å². The van der Waals surface area contributed by atoms with Crippen molar-refractivity contribution < 1.29 is 33.8 Å². The second-order valence-corrected chi connectivity index (χ2v) is 5.63. The first-order chi connectivity index (χ1) is 12.5. The number of aliphatic hydroxyl groups is 1. The van der Waals surface area contributed by atoms with Gasteiger partial charge in [0.1, 0.15) is 6.61 Å². The lowest BCUT2D eigenvalue weighted by atomic mass is 10.2. The van der Waals surface area contributed by atoms with Crippen molar-refractivity contribution in [3.8, 4) is 0 Å². The molecular weight excluding hydrogens is 344 g/mol. The summed E-state index contributed by atoms with van der Waals surface area (Å²) in [5.41, 5.74) is 0. The Labute approximate surface area is 152 Å². The number of carbonyl (C=O) groups excluding carboxylic acids is 4. The van der Waals surface area contributed by atoms with Crippen LogP contribution in [-0.4, -0.2) is 73.2 Å². The summed E-state index contributed by atoms with van der Waals surface area (Å²) in [5.74, 6) is -1.39. The van der Waals surface area contributed by atoms with Gasteiger partial charge in [0.25, 0.3) is 11.8 Å². The number of hydrogen-bond acceptors (Lipinski definition) is 7. The van der Waals surface area contributed by atoms with Gasteiger partial charge < -0.3 is 19.9 Å². The second-order valence-electron chi connectivity index (χ2n) is 5.63. The highest BCUT2D eigenvalue weighted by molar-refractivity contribution is 6.13. The maximum atomic E-state index is 11.6. The molecule has 0 unspecified atom stereocenters. The quantitative estimate of drug-likeness (QED) is 0.241. The molecule has 1 aliphatic heterocycles. The highest BCUT2D eigenvalue weighted by Gasteiger charge is 2.23. The van der Waals surface area contributed by atoms with Crippen molar-refractivity contribution in [1.29, 1.82) is 0 Å². The first kappa shape index (κ1) is 21.8. The SMILES string of the molecule is O=C(CCN1C(=O)C=CC1=O)NCCOCCOC(=O)CCCCCO. The average Bonchev–Trinajstić information content (AvgIpc) is 2.94. The molecule has 0 aromatic rings. The van der Waals surface area contributed by atoms with Gasteiger partial charge in [-0.2, -0.15) is 0 Å². The first-order valence-corrected chi connectivity index (χ1v) is 8.69. The van der Waals surface area contributed by atoms with Crippen LogP contribution in [0.25, 0.3) is 0 Å². The van der Waals surface area contributed by atoms with Crippen LogP contribution in [-0.2, 0) is 28.7 Å². The normalized spacial score (nSPS) is 13.3. The maximum Gasteiger partial charge on any atom is 0.305 e. The predicted molar refractivity (Wildman–Crippen MR) is 90.8 cm³/mol. The zero-order valence-corrected chi connectivity index (χ0v) is 14.8. The molecule has 0 fully saturated rings. The number of esters is 1. The van der Waals surface area contributed by atoms with E-state index in [9.17, 15) is 19.2 Å². The van der Waals surface area contributed by atoms with Crippen molar-refractivity contribution >= 4 is 23.7 Å². The van der Waals surface area contributed by atoms with Gasteiger partial charge >= 0.3 is 5.97 Å². The van der Waals surface area contributed by atoms with Gasteiger partial charge in [-0.3, -0.25) is 24.1 Å². The van der Waals surface area contributed by atoms with Crippen LogP contribution >= 0.6 is 0 Å². The van der Waals surface area contributed by atoms with E-state index in [1.54, 1.807) is 0 Å². The van der Waals surface area contributed by atoms with Crippen LogP contribution in [0.5, 0.6) is 0 Å². The summed E-state index contributed by atoms with van der Waals surface area (Å²) in [4.78, 5) is 46.6. The molecule has 0 saturated carbocycles. The van der Waals surface area contributed by atoms with Crippen molar-refractivity contribution in [2.24, 2.45) is 0 Å². The zero-order chi connectivity index (χ0) is 19.2. The van der Waals surface area contributed by atoms with E-state index in [1.807, 2.05) is 0 Å². The smallest absolute Gasteiger partial charge is 0.305 e. The molecule has 1 heterocycles. The van der Waals surface area contributed by atoms with Crippen molar-refractivity contribution in [1.82, 2.24) is 10.2 Å². The van der Waals surface area contributed by atoms with E-state index in [2.05, 4.69) is 5.32 Å². The number of unbranched alkanes of at least 4 members (excludes halogenated alkanes) is 2. The zero-order valence-electron chi connectivity index (χ0n) is 14.8. The van der Waals surface area contributed by atoms with Gasteiger partial charge in [-0.25, -0.2) is 0 Å². The van der Waals surface area contributed by atoms with E-state index >= 15 is 0 Å². The molecule has 26 heavy (non-hydrogen) atoms. The number of nitrogens with zero attached hydrogens (tertiary/aromatic N) is 1. The molecule has 1 rings (SSSR count). The average molecular weight is 370 g/mol. The Kier molecular flexibility index (Phi) is 10.9. The standard InChI is InChI=1S/C17H26N2O7/c20-10-3-1-2-4-17(24)26-13-12-25-11-8-18-14(21)7-9-19-15(22)5-6-16(19)23/h5-6,20H,1-4,7-13H2,(H,18,21). The molecule has 146 valence electrons. The molecule has 0 aromatic carbocycles. The van der Waals surface area contributed by atoms with Crippen LogP contribution < -0.4 is 5.32 Å². The highest BCUT2D eigenvalue weighted by atomic mass is 16.6. The van der Waals surface area contributed by atoms with E-state index < -0.39 is 11.8 Å². The summed E-state index contributed by atoms with van der Waals surface area (Å²) >= 11 is 0.